The molecule has 0 saturated carbocycles. The van der Waals surface area contributed by atoms with Crippen LogP contribution in [0.25, 0.3) is 0 Å². The molecule has 21 heavy (non-hydrogen) atoms. The summed E-state index contributed by atoms with van der Waals surface area (Å²) in [5.41, 5.74) is 0. The number of ether oxygens (including phenoxy) is 1. The molecule has 0 heterocycles. The first-order valence-electron chi connectivity index (χ1n) is 8.94. The van der Waals surface area contributed by atoms with E-state index in [9.17, 15) is 0 Å². The van der Waals surface area contributed by atoms with Crippen molar-refractivity contribution < 1.29 is 4.74 Å². The topological polar surface area (TPSA) is 9.23 Å². The molecule has 0 bridgehead atoms. The average Bonchev–Trinajstić information content (AvgIpc) is 2.54. The van der Waals surface area contributed by atoms with Crippen LogP contribution < -0.4 is 4.74 Å². The molecule has 0 spiro atoms. The molecular formula is C19H34OSn. The summed E-state index contributed by atoms with van der Waals surface area (Å²) < 4.78 is 11.9. The Morgan fingerprint density at radius 1 is 0.762 bits per heavy atom. The molecule has 0 aromatic heterocycles. The maximum atomic E-state index is 6.26. The van der Waals surface area contributed by atoms with Gasteiger partial charge in [-0.1, -0.05) is 0 Å². The summed E-state index contributed by atoms with van der Waals surface area (Å²) in [6.45, 7) is 6.98. The third-order valence-corrected chi connectivity index (χ3v) is 18.7. The average molecular weight is 397 g/mol. The second-order valence-corrected chi connectivity index (χ2v) is 20.1. The van der Waals surface area contributed by atoms with E-state index in [1.807, 2.05) is 0 Å². The first-order chi connectivity index (χ1) is 10.3. The quantitative estimate of drug-likeness (QED) is 0.368. The van der Waals surface area contributed by atoms with Gasteiger partial charge in [0.25, 0.3) is 0 Å². The van der Waals surface area contributed by atoms with Crippen LogP contribution in [0.5, 0.6) is 5.75 Å². The normalized spacial score (nSPS) is 11.6. The van der Waals surface area contributed by atoms with Gasteiger partial charge in [-0.25, -0.2) is 0 Å². The van der Waals surface area contributed by atoms with E-state index >= 15 is 0 Å². The van der Waals surface area contributed by atoms with Crippen LogP contribution in [0.15, 0.2) is 30.3 Å². The monoisotopic (exact) mass is 398 g/mol. The van der Waals surface area contributed by atoms with Crippen molar-refractivity contribution in [2.75, 3.05) is 4.62 Å². The van der Waals surface area contributed by atoms with E-state index in [1.54, 1.807) is 0 Å². The SMILES string of the molecule is CCC[CH2][Sn]([CH2]CCC)([CH2]CCC)[CH2]Oc1ccccc1. The van der Waals surface area contributed by atoms with Crippen molar-refractivity contribution in [2.45, 2.75) is 72.6 Å². The molecule has 0 aliphatic rings. The fourth-order valence-corrected chi connectivity index (χ4v) is 17.2. The van der Waals surface area contributed by atoms with E-state index < -0.39 is 18.4 Å². The van der Waals surface area contributed by atoms with Crippen molar-refractivity contribution in [2.24, 2.45) is 0 Å². The zero-order valence-electron chi connectivity index (χ0n) is 14.4. The Kier molecular flexibility index (Phi) is 10.2. The van der Waals surface area contributed by atoms with Gasteiger partial charge in [0.15, 0.2) is 0 Å². The summed E-state index contributed by atoms with van der Waals surface area (Å²) in [4.78, 5) is 0. The number of unbranched alkanes of at least 4 members (excludes halogenated alkanes) is 3. The van der Waals surface area contributed by atoms with Gasteiger partial charge in [-0.05, 0) is 0 Å². The fourth-order valence-electron chi connectivity index (χ4n) is 3.00. The Bertz CT molecular complexity index is 328. The van der Waals surface area contributed by atoms with Crippen LogP contribution in [-0.4, -0.2) is 23.0 Å². The van der Waals surface area contributed by atoms with Crippen molar-refractivity contribution >= 4 is 18.4 Å². The standard InChI is InChI=1S/C7H7O.3C4H9.Sn/c1-8-7-5-3-2-4-6-7;3*1-3-4-2;/h2-6H,1H2;3*1,3-4H2,2H3;. The van der Waals surface area contributed by atoms with Gasteiger partial charge in [0.1, 0.15) is 0 Å². The molecule has 1 rings (SSSR count). The Labute approximate surface area is 136 Å². The van der Waals surface area contributed by atoms with Crippen LogP contribution in [0, 0.1) is 0 Å². The number of hydrogen-bond acceptors (Lipinski definition) is 1. The third kappa shape index (κ3) is 7.58. The summed E-state index contributed by atoms with van der Waals surface area (Å²) in [6, 6.07) is 10.4. The van der Waals surface area contributed by atoms with Gasteiger partial charge in [0.2, 0.25) is 0 Å². The van der Waals surface area contributed by atoms with Gasteiger partial charge in [-0.2, -0.15) is 0 Å². The third-order valence-electron chi connectivity index (χ3n) is 4.47. The molecule has 0 unspecified atom stereocenters. The molecule has 0 N–H and O–H groups in total. The van der Waals surface area contributed by atoms with Crippen molar-refractivity contribution in [3.63, 3.8) is 0 Å². The van der Waals surface area contributed by atoms with Crippen molar-refractivity contribution in [1.29, 1.82) is 0 Å². The van der Waals surface area contributed by atoms with Gasteiger partial charge in [-0.15, -0.1) is 0 Å². The minimum atomic E-state index is -2.11. The predicted molar refractivity (Wildman–Crippen MR) is 96.8 cm³/mol. The molecule has 0 amide bonds. The van der Waals surface area contributed by atoms with Gasteiger partial charge >= 0.3 is 136 Å². The summed E-state index contributed by atoms with van der Waals surface area (Å²) in [7, 11) is 0. The molecule has 1 aromatic carbocycles. The first-order valence-corrected chi connectivity index (χ1v) is 17.0. The van der Waals surface area contributed by atoms with Crippen LogP contribution >= 0.6 is 0 Å². The Balaban J connectivity index is 2.69. The molecule has 0 fully saturated rings. The number of benzene rings is 1. The fraction of sp³-hybridized carbons (Fsp3) is 0.684. The van der Waals surface area contributed by atoms with Gasteiger partial charge in [0.05, 0.1) is 0 Å². The van der Waals surface area contributed by atoms with E-state index in [0.29, 0.717) is 0 Å². The van der Waals surface area contributed by atoms with Gasteiger partial charge < -0.3 is 0 Å². The Hall–Kier alpha value is -0.181. The number of hydrogen-bond donors (Lipinski definition) is 0. The predicted octanol–water partition coefficient (Wildman–Crippen LogP) is 6.45. The number of rotatable bonds is 12. The summed E-state index contributed by atoms with van der Waals surface area (Å²) in [5, 5.41) is 0. The van der Waals surface area contributed by atoms with E-state index in [2.05, 4.69) is 51.1 Å². The molecule has 120 valence electrons. The summed E-state index contributed by atoms with van der Waals surface area (Å²) in [5.74, 6) is 1.07. The Morgan fingerprint density at radius 2 is 1.24 bits per heavy atom. The van der Waals surface area contributed by atoms with E-state index in [-0.39, 0.29) is 0 Å². The molecule has 0 radical (unpaired) electrons. The van der Waals surface area contributed by atoms with E-state index in [1.165, 1.54) is 51.8 Å². The van der Waals surface area contributed by atoms with E-state index in [0.717, 1.165) is 10.4 Å². The minimum absolute atomic E-state index is 1.07. The second-order valence-electron chi connectivity index (χ2n) is 6.41. The molecule has 0 aliphatic heterocycles. The van der Waals surface area contributed by atoms with Crippen LogP contribution in [0.4, 0.5) is 0 Å². The zero-order chi connectivity index (χ0) is 15.4. The van der Waals surface area contributed by atoms with Gasteiger partial charge in [-0.3, -0.25) is 0 Å². The summed E-state index contributed by atoms with van der Waals surface area (Å²) in [6.07, 6.45) is 8.26. The van der Waals surface area contributed by atoms with Crippen LogP contribution in [0.2, 0.25) is 13.3 Å². The molecular weight excluding hydrogens is 363 g/mol. The van der Waals surface area contributed by atoms with Crippen LogP contribution in [0.3, 0.4) is 0 Å². The Morgan fingerprint density at radius 3 is 1.67 bits per heavy atom. The van der Waals surface area contributed by atoms with Crippen molar-refractivity contribution in [3.8, 4) is 5.75 Å². The van der Waals surface area contributed by atoms with Crippen molar-refractivity contribution in [3.05, 3.63) is 30.3 Å². The second kappa shape index (κ2) is 11.4. The molecule has 1 nitrogen and oxygen atoms in total. The van der Waals surface area contributed by atoms with Crippen molar-refractivity contribution in [1.82, 2.24) is 0 Å². The van der Waals surface area contributed by atoms with Gasteiger partial charge in [0, 0.05) is 0 Å². The first kappa shape index (κ1) is 18.9. The zero-order valence-corrected chi connectivity index (χ0v) is 17.2. The summed E-state index contributed by atoms with van der Waals surface area (Å²) >= 11 is -2.11. The molecule has 1 aromatic rings. The number of para-hydroxylation sites is 1. The molecule has 0 atom stereocenters. The van der Waals surface area contributed by atoms with Crippen LogP contribution in [0.1, 0.15) is 59.3 Å². The molecule has 0 saturated heterocycles. The maximum absolute atomic E-state index is 6.26. The molecule has 0 aliphatic carbocycles. The molecule has 2 heteroatoms. The van der Waals surface area contributed by atoms with E-state index in [4.69, 9.17) is 4.74 Å². The van der Waals surface area contributed by atoms with Crippen LogP contribution in [-0.2, 0) is 0 Å².